The molecule has 7 heteroatoms. The Labute approximate surface area is 424 Å². The van der Waals surface area contributed by atoms with E-state index in [1.165, 1.54) is 212 Å². The van der Waals surface area contributed by atoms with Crippen LogP contribution in [-0.2, 0) is 23.9 Å². The zero-order valence-electron chi connectivity index (χ0n) is 46.5. The maximum atomic E-state index is 14.2. The fourth-order valence-corrected chi connectivity index (χ4v) is 10.6. The molecular formula is C61H118N2O5. The fourth-order valence-electron chi connectivity index (χ4n) is 10.6. The molecule has 4 atom stereocenters. The van der Waals surface area contributed by atoms with E-state index >= 15 is 0 Å². The smallest absolute Gasteiger partial charge is 0.305 e. The topological polar surface area (TPSA) is 76.2 Å². The number of amides is 1. The van der Waals surface area contributed by atoms with Crippen molar-refractivity contribution in [3.8, 4) is 0 Å². The lowest BCUT2D eigenvalue weighted by Crippen LogP contribution is -2.42. The minimum Gasteiger partial charge on any atom is -0.465 e. The van der Waals surface area contributed by atoms with Crippen LogP contribution in [0.25, 0.3) is 0 Å². The van der Waals surface area contributed by atoms with Gasteiger partial charge in [0.05, 0.1) is 13.2 Å². The van der Waals surface area contributed by atoms with Gasteiger partial charge in [-0.25, -0.2) is 0 Å². The van der Waals surface area contributed by atoms with E-state index in [1.54, 1.807) is 0 Å². The van der Waals surface area contributed by atoms with Crippen molar-refractivity contribution in [2.75, 3.05) is 46.0 Å². The molecule has 0 N–H and O–H groups in total. The number of unbranched alkanes of at least 4 members (excludes halogenated alkanes) is 24. The molecule has 0 saturated carbocycles. The summed E-state index contributed by atoms with van der Waals surface area (Å²) in [6.07, 6.45) is 51.1. The Morgan fingerprint density at radius 3 is 1.43 bits per heavy atom. The van der Waals surface area contributed by atoms with Crippen LogP contribution in [0.3, 0.4) is 0 Å². The number of likely N-dealkylation sites (tertiary alicyclic amines) is 1. The summed E-state index contributed by atoms with van der Waals surface area (Å²) >= 11 is 0. The fraction of sp³-hybridized carbons (Fsp3) is 0.951. The molecule has 1 rings (SSSR count). The van der Waals surface area contributed by atoms with Crippen LogP contribution in [0.15, 0.2) is 0 Å². The summed E-state index contributed by atoms with van der Waals surface area (Å²) in [4.78, 5) is 43.7. The van der Waals surface area contributed by atoms with E-state index in [-0.39, 0.29) is 11.9 Å². The largest absolute Gasteiger partial charge is 0.465 e. The van der Waals surface area contributed by atoms with E-state index in [9.17, 15) is 14.4 Å². The van der Waals surface area contributed by atoms with Crippen LogP contribution >= 0.6 is 0 Å². The molecule has 0 aromatic rings. The molecule has 1 saturated heterocycles. The first-order valence-corrected chi connectivity index (χ1v) is 30.6. The predicted molar refractivity (Wildman–Crippen MR) is 293 cm³/mol. The van der Waals surface area contributed by atoms with Gasteiger partial charge >= 0.3 is 5.97 Å². The summed E-state index contributed by atoms with van der Waals surface area (Å²) < 4.78 is 12.0. The number of hydrogen-bond donors (Lipinski definition) is 0. The second-order valence-electron chi connectivity index (χ2n) is 21.9. The van der Waals surface area contributed by atoms with E-state index in [4.69, 9.17) is 9.47 Å². The molecule has 402 valence electrons. The molecule has 4 unspecified atom stereocenters. The van der Waals surface area contributed by atoms with Crippen molar-refractivity contribution in [3.05, 3.63) is 0 Å². The van der Waals surface area contributed by atoms with Gasteiger partial charge in [0.1, 0.15) is 6.29 Å². The third-order valence-electron chi connectivity index (χ3n) is 15.4. The molecule has 68 heavy (non-hydrogen) atoms. The number of ether oxygens (including phenoxy) is 2. The van der Waals surface area contributed by atoms with Crippen LogP contribution in [0, 0.1) is 17.8 Å². The number of rotatable bonds is 53. The first-order valence-electron chi connectivity index (χ1n) is 30.6. The van der Waals surface area contributed by atoms with Crippen LogP contribution < -0.4 is 0 Å². The Bertz CT molecular complexity index is 1100. The van der Waals surface area contributed by atoms with Gasteiger partial charge in [0.25, 0.3) is 0 Å². The molecule has 1 heterocycles. The Morgan fingerprint density at radius 2 is 0.897 bits per heavy atom. The quantitative estimate of drug-likeness (QED) is 0.0343. The lowest BCUT2D eigenvalue weighted by molar-refractivity contribution is -0.145. The van der Waals surface area contributed by atoms with Gasteiger partial charge in [-0.3, -0.25) is 9.59 Å². The Kier molecular flexibility index (Phi) is 46.6. The Hall–Kier alpha value is -1.47. The SMILES string of the molecule is CCCCCCCCCCN(C(=O)CCN1CCCC1)C(CCCCCCCCC(=O)OCC(CCCC)CCCCCC)CCCCCCCC(C=O)COCC(CCCC)CCCCCC. The summed E-state index contributed by atoms with van der Waals surface area (Å²) in [5, 5.41) is 0. The lowest BCUT2D eigenvalue weighted by atomic mass is 9.96. The standard InChI is InChI=1S/C61H118N2O5/c1-6-11-16-19-20-23-29-36-50-63(60(65)47-51-62-48-37-38-49-62)59(44-33-26-21-22-28-35-46-61(66)68-55-57(40-15-10-5)42-31-18-13-8-3)45-34-27-24-25-32-43-58(52-64)54-67-53-56(39-14-9-4)41-30-17-12-7-2/h52,56-59H,6-51,53-55H2,1-5H3. The van der Waals surface area contributed by atoms with Crippen molar-refractivity contribution in [2.24, 2.45) is 17.8 Å². The first-order chi connectivity index (χ1) is 33.4. The minimum atomic E-state index is -0.00139. The molecule has 0 bridgehead atoms. The van der Waals surface area contributed by atoms with Gasteiger partial charge in [-0.15, -0.1) is 0 Å². The minimum absolute atomic E-state index is 0.00139. The van der Waals surface area contributed by atoms with Crippen molar-refractivity contribution in [1.29, 1.82) is 0 Å². The second kappa shape index (κ2) is 49.1. The number of hydrogen-bond acceptors (Lipinski definition) is 6. The summed E-state index contributed by atoms with van der Waals surface area (Å²) in [5.41, 5.74) is 0. The van der Waals surface area contributed by atoms with Gasteiger partial charge in [0.2, 0.25) is 5.91 Å². The molecule has 0 radical (unpaired) electrons. The number of aldehydes is 1. The normalized spacial score (nSPS) is 14.8. The van der Waals surface area contributed by atoms with Crippen LogP contribution in [0.5, 0.6) is 0 Å². The van der Waals surface area contributed by atoms with Crippen molar-refractivity contribution < 1.29 is 23.9 Å². The maximum absolute atomic E-state index is 14.2. The highest BCUT2D eigenvalue weighted by molar-refractivity contribution is 5.76. The Morgan fingerprint density at radius 1 is 0.471 bits per heavy atom. The Balaban J connectivity index is 2.68. The first kappa shape index (κ1) is 64.5. The van der Waals surface area contributed by atoms with Gasteiger partial charge in [0, 0.05) is 44.5 Å². The number of esters is 1. The van der Waals surface area contributed by atoms with Crippen molar-refractivity contribution >= 4 is 18.2 Å². The van der Waals surface area contributed by atoms with Gasteiger partial charge in [-0.2, -0.15) is 0 Å². The molecule has 0 aromatic carbocycles. The van der Waals surface area contributed by atoms with Gasteiger partial charge in [-0.1, -0.05) is 221 Å². The highest BCUT2D eigenvalue weighted by atomic mass is 16.5. The molecule has 1 amide bonds. The van der Waals surface area contributed by atoms with Crippen LogP contribution in [0.1, 0.15) is 304 Å². The second-order valence-corrected chi connectivity index (χ2v) is 21.9. The molecule has 1 aliphatic rings. The van der Waals surface area contributed by atoms with Gasteiger partial charge in [-0.05, 0) is 95.6 Å². The average Bonchev–Trinajstić information content (AvgIpc) is 3.88. The van der Waals surface area contributed by atoms with Crippen LogP contribution in [0.2, 0.25) is 0 Å². The maximum Gasteiger partial charge on any atom is 0.305 e. The van der Waals surface area contributed by atoms with E-state index in [0.29, 0.717) is 49.8 Å². The molecule has 0 aliphatic carbocycles. The van der Waals surface area contributed by atoms with Gasteiger partial charge < -0.3 is 24.1 Å². The number of nitrogens with zero attached hydrogens (tertiary/aromatic N) is 2. The van der Waals surface area contributed by atoms with Crippen molar-refractivity contribution in [3.63, 3.8) is 0 Å². The monoisotopic (exact) mass is 959 g/mol. The van der Waals surface area contributed by atoms with E-state index in [0.717, 1.165) is 84.0 Å². The number of carbonyl (C=O) groups excluding carboxylic acids is 3. The molecular weight excluding hydrogens is 841 g/mol. The van der Waals surface area contributed by atoms with Crippen LogP contribution in [-0.4, -0.2) is 80.0 Å². The average molecular weight is 960 g/mol. The summed E-state index contributed by atoms with van der Waals surface area (Å²) in [5.74, 6) is 1.56. The summed E-state index contributed by atoms with van der Waals surface area (Å²) in [6, 6.07) is 0.331. The van der Waals surface area contributed by atoms with Crippen molar-refractivity contribution in [1.82, 2.24) is 9.80 Å². The highest BCUT2D eigenvalue weighted by Gasteiger charge is 2.24. The van der Waals surface area contributed by atoms with E-state index in [2.05, 4.69) is 44.4 Å². The van der Waals surface area contributed by atoms with Gasteiger partial charge in [0.15, 0.2) is 0 Å². The zero-order valence-corrected chi connectivity index (χ0v) is 46.5. The molecule has 1 aliphatic heterocycles. The summed E-state index contributed by atoms with van der Waals surface area (Å²) in [6.45, 7) is 17.5. The molecule has 0 aromatic heterocycles. The zero-order chi connectivity index (χ0) is 49.4. The van der Waals surface area contributed by atoms with Crippen molar-refractivity contribution in [2.45, 2.75) is 310 Å². The summed E-state index contributed by atoms with van der Waals surface area (Å²) in [7, 11) is 0. The van der Waals surface area contributed by atoms with Crippen LogP contribution in [0.4, 0.5) is 0 Å². The highest BCUT2D eigenvalue weighted by Crippen LogP contribution is 2.24. The van der Waals surface area contributed by atoms with E-state index in [1.807, 2.05) is 0 Å². The molecule has 1 fully saturated rings. The molecule has 7 nitrogen and oxygen atoms in total. The molecule has 0 spiro atoms. The number of carbonyl (C=O) groups is 3. The lowest BCUT2D eigenvalue weighted by Gasteiger charge is -2.33. The third-order valence-corrected chi connectivity index (χ3v) is 15.4. The third kappa shape index (κ3) is 38.2. The predicted octanol–water partition coefficient (Wildman–Crippen LogP) is 17.6. The van der Waals surface area contributed by atoms with E-state index < -0.39 is 0 Å².